The Morgan fingerprint density at radius 1 is 0.971 bits per heavy atom. The van der Waals surface area contributed by atoms with Crippen LogP contribution in [0.25, 0.3) is 0 Å². The van der Waals surface area contributed by atoms with Crippen molar-refractivity contribution in [1.82, 2.24) is 5.43 Å². The predicted molar refractivity (Wildman–Crippen MR) is 132 cm³/mol. The molecule has 0 aromatic heterocycles. The first kappa shape index (κ1) is 24.7. The Morgan fingerprint density at radius 3 is 2.26 bits per heavy atom. The molecule has 0 aliphatic heterocycles. The van der Waals surface area contributed by atoms with Gasteiger partial charge in [-0.3, -0.25) is 9.10 Å². The number of esters is 1. The van der Waals surface area contributed by atoms with E-state index in [0.717, 1.165) is 16.1 Å². The van der Waals surface area contributed by atoms with Crippen molar-refractivity contribution in [1.29, 1.82) is 0 Å². The molecule has 0 saturated heterocycles. The highest BCUT2D eigenvalue weighted by Crippen LogP contribution is 2.23. The van der Waals surface area contributed by atoms with Crippen molar-refractivity contribution in [3.8, 4) is 5.75 Å². The Kier molecular flexibility index (Phi) is 8.15. The van der Waals surface area contributed by atoms with Crippen molar-refractivity contribution < 1.29 is 22.7 Å². The fourth-order valence-electron chi connectivity index (χ4n) is 3.14. The molecular weight excluding hydrogens is 454 g/mol. The van der Waals surface area contributed by atoms with Gasteiger partial charge in [-0.05, 0) is 60.0 Å². The van der Waals surface area contributed by atoms with E-state index < -0.39 is 28.4 Å². The number of aryl methyl sites for hydroxylation is 1. The Bertz CT molecular complexity index is 1270. The highest BCUT2D eigenvalue weighted by Gasteiger charge is 2.22. The van der Waals surface area contributed by atoms with Gasteiger partial charge in [-0.1, -0.05) is 43.3 Å². The van der Waals surface area contributed by atoms with Crippen LogP contribution in [-0.4, -0.2) is 39.3 Å². The molecular formula is C25H25N3O5S. The minimum absolute atomic E-state index is 0.369. The zero-order valence-electron chi connectivity index (χ0n) is 18.8. The number of hydrogen-bond acceptors (Lipinski definition) is 6. The molecule has 176 valence electrons. The van der Waals surface area contributed by atoms with Crippen molar-refractivity contribution >= 4 is 33.8 Å². The maximum atomic E-state index is 12.4. The van der Waals surface area contributed by atoms with Gasteiger partial charge in [0.25, 0.3) is 5.91 Å². The fraction of sp³-hybridized carbons (Fsp3) is 0.160. The van der Waals surface area contributed by atoms with Crippen molar-refractivity contribution in [2.45, 2.75) is 13.3 Å². The van der Waals surface area contributed by atoms with Crippen LogP contribution in [0.15, 0.2) is 84.0 Å². The van der Waals surface area contributed by atoms with Crippen LogP contribution >= 0.6 is 0 Å². The van der Waals surface area contributed by atoms with Crippen LogP contribution in [0.3, 0.4) is 0 Å². The number of hydrogen-bond donors (Lipinski definition) is 1. The van der Waals surface area contributed by atoms with Gasteiger partial charge in [-0.2, -0.15) is 5.10 Å². The van der Waals surface area contributed by atoms with Gasteiger partial charge in [0.1, 0.15) is 12.3 Å². The summed E-state index contributed by atoms with van der Waals surface area (Å²) in [5.41, 5.74) is 4.72. The van der Waals surface area contributed by atoms with Crippen LogP contribution < -0.4 is 14.5 Å². The third-order valence-electron chi connectivity index (χ3n) is 4.83. The summed E-state index contributed by atoms with van der Waals surface area (Å²) in [5, 5.41) is 3.90. The number of nitrogens with one attached hydrogen (secondary N) is 1. The summed E-state index contributed by atoms with van der Waals surface area (Å²) in [7, 11) is -3.68. The Balaban J connectivity index is 1.60. The van der Waals surface area contributed by atoms with Crippen molar-refractivity contribution in [3.63, 3.8) is 0 Å². The number of ether oxygens (including phenoxy) is 1. The standard InChI is InChI=1S/C25H25N3O5S/c1-3-20-9-7-8-12-23(20)28(34(2,31)32)18-24(29)27-26-17-19-13-15-22(16-14-19)33-25(30)21-10-5-4-6-11-21/h4-17H,3,18H2,1-2H3,(H,27,29)/b26-17-. The summed E-state index contributed by atoms with van der Waals surface area (Å²) in [6.07, 6.45) is 3.09. The summed E-state index contributed by atoms with van der Waals surface area (Å²) in [6.45, 7) is 1.51. The van der Waals surface area contributed by atoms with Gasteiger partial charge < -0.3 is 4.74 Å². The topological polar surface area (TPSA) is 105 Å². The first-order valence-corrected chi connectivity index (χ1v) is 12.4. The summed E-state index contributed by atoms with van der Waals surface area (Å²) < 4.78 is 31.0. The van der Waals surface area contributed by atoms with Crippen molar-refractivity contribution in [2.75, 3.05) is 17.1 Å². The second-order valence-corrected chi connectivity index (χ2v) is 9.28. The van der Waals surface area contributed by atoms with Crippen LogP contribution in [0.1, 0.15) is 28.4 Å². The van der Waals surface area contributed by atoms with Crippen LogP contribution in [-0.2, 0) is 21.2 Å². The van der Waals surface area contributed by atoms with Gasteiger partial charge in [-0.15, -0.1) is 0 Å². The highest BCUT2D eigenvalue weighted by atomic mass is 32.2. The maximum Gasteiger partial charge on any atom is 0.343 e. The van der Waals surface area contributed by atoms with E-state index in [4.69, 9.17) is 4.74 Å². The zero-order valence-corrected chi connectivity index (χ0v) is 19.7. The molecule has 1 amide bonds. The molecule has 0 radical (unpaired) electrons. The lowest BCUT2D eigenvalue weighted by molar-refractivity contribution is -0.119. The maximum absolute atomic E-state index is 12.4. The number of nitrogens with zero attached hydrogens (tertiary/aromatic N) is 2. The molecule has 34 heavy (non-hydrogen) atoms. The molecule has 8 nitrogen and oxygen atoms in total. The monoisotopic (exact) mass is 479 g/mol. The quantitative estimate of drug-likeness (QED) is 0.219. The fourth-order valence-corrected chi connectivity index (χ4v) is 4.03. The third-order valence-corrected chi connectivity index (χ3v) is 5.96. The van der Waals surface area contributed by atoms with E-state index in [9.17, 15) is 18.0 Å². The molecule has 0 aliphatic rings. The molecule has 0 saturated carbocycles. The molecule has 0 heterocycles. The van der Waals surface area contributed by atoms with Crippen molar-refractivity contribution in [2.24, 2.45) is 5.10 Å². The molecule has 3 aromatic rings. The van der Waals surface area contributed by atoms with E-state index in [1.54, 1.807) is 60.7 Å². The molecule has 3 rings (SSSR count). The molecule has 0 unspecified atom stereocenters. The number of para-hydroxylation sites is 1. The van der Waals surface area contributed by atoms with Gasteiger partial charge >= 0.3 is 5.97 Å². The molecule has 0 bridgehead atoms. The summed E-state index contributed by atoms with van der Waals surface area (Å²) >= 11 is 0. The number of amides is 1. The number of benzene rings is 3. The van der Waals surface area contributed by atoms with Gasteiger partial charge in [0.15, 0.2) is 0 Å². The number of anilines is 1. The molecule has 9 heteroatoms. The lowest BCUT2D eigenvalue weighted by Crippen LogP contribution is -2.39. The minimum Gasteiger partial charge on any atom is -0.423 e. The lowest BCUT2D eigenvalue weighted by Gasteiger charge is -2.23. The molecule has 3 aromatic carbocycles. The van der Waals surface area contributed by atoms with Gasteiger partial charge in [0, 0.05) is 0 Å². The van der Waals surface area contributed by atoms with E-state index in [-0.39, 0.29) is 0 Å². The SMILES string of the molecule is CCc1ccccc1N(CC(=O)N/N=C\c1ccc(OC(=O)c2ccccc2)cc1)S(C)(=O)=O. The second kappa shape index (κ2) is 11.2. The van der Waals surface area contributed by atoms with Gasteiger partial charge in [0.2, 0.25) is 10.0 Å². The Labute approximate surface area is 198 Å². The smallest absolute Gasteiger partial charge is 0.343 e. The first-order chi connectivity index (χ1) is 16.3. The van der Waals surface area contributed by atoms with E-state index in [2.05, 4.69) is 10.5 Å². The third kappa shape index (κ3) is 6.76. The van der Waals surface area contributed by atoms with Crippen LogP contribution in [0.4, 0.5) is 5.69 Å². The number of carbonyl (C=O) groups excluding carboxylic acids is 2. The zero-order chi connectivity index (χ0) is 24.6. The lowest BCUT2D eigenvalue weighted by atomic mass is 10.1. The Hall–Kier alpha value is -3.98. The number of sulfonamides is 1. The summed E-state index contributed by atoms with van der Waals surface area (Å²) in [6, 6.07) is 22.2. The number of hydrazone groups is 1. The van der Waals surface area contributed by atoms with E-state index in [1.165, 1.54) is 6.21 Å². The first-order valence-electron chi connectivity index (χ1n) is 10.5. The summed E-state index contributed by atoms with van der Waals surface area (Å²) in [5.74, 6) is -0.677. The second-order valence-electron chi connectivity index (χ2n) is 7.37. The van der Waals surface area contributed by atoms with Gasteiger partial charge in [0.05, 0.1) is 23.7 Å². The van der Waals surface area contributed by atoms with E-state index in [1.807, 2.05) is 25.1 Å². The van der Waals surface area contributed by atoms with E-state index in [0.29, 0.717) is 29.0 Å². The predicted octanol–water partition coefficient (Wildman–Crippen LogP) is 3.38. The van der Waals surface area contributed by atoms with Crippen molar-refractivity contribution in [3.05, 3.63) is 95.6 Å². The van der Waals surface area contributed by atoms with Crippen LogP contribution in [0, 0.1) is 0 Å². The normalized spacial score (nSPS) is 11.2. The molecule has 0 spiro atoms. The van der Waals surface area contributed by atoms with E-state index >= 15 is 0 Å². The van der Waals surface area contributed by atoms with Crippen LogP contribution in [0.5, 0.6) is 5.75 Å². The molecule has 0 aliphatic carbocycles. The highest BCUT2D eigenvalue weighted by molar-refractivity contribution is 7.92. The largest absolute Gasteiger partial charge is 0.423 e. The summed E-state index contributed by atoms with van der Waals surface area (Å²) in [4.78, 5) is 24.5. The molecule has 1 N–H and O–H groups in total. The van der Waals surface area contributed by atoms with Gasteiger partial charge in [-0.25, -0.2) is 18.6 Å². The Morgan fingerprint density at radius 2 is 1.62 bits per heavy atom. The molecule has 0 fully saturated rings. The number of carbonyl (C=O) groups is 2. The van der Waals surface area contributed by atoms with Crippen LogP contribution in [0.2, 0.25) is 0 Å². The average molecular weight is 480 g/mol. The minimum atomic E-state index is -3.68. The number of rotatable bonds is 9. The molecule has 0 atom stereocenters. The average Bonchev–Trinajstić information content (AvgIpc) is 2.83.